The van der Waals surface area contributed by atoms with E-state index in [1.807, 2.05) is 0 Å². The highest BCUT2D eigenvalue weighted by Gasteiger charge is 2.29. The average Bonchev–Trinajstić information content (AvgIpc) is 3.11. The fraction of sp³-hybridized carbons (Fsp3) is 0.316. The molecule has 0 spiro atoms. The van der Waals surface area contributed by atoms with Crippen molar-refractivity contribution in [3.8, 4) is 17.2 Å². The highest BCUT2D eigenvalue weighted by Crippen LogP contribution is 2.40. The van der Waals surface area contributed by atoms with Gasteiger partial charge in [0, 0.05) is 5.56 Å². The van der Waals surface area contributed by atoms with E-state index in [-0.39, 0.29) is 26.6 Å². The summed E-state index contributed by atoms with van der Waals surface area (Å²) in [5.74, 6) is -1.16. The van der Waals surface area contributed by atoms with Crippen molar-refractivity contribution in [3.05, 3.63) is 33.7 Å². The molecule has 0 atom stereocenters. The lowest BCUT2D eigenvalue weighted by atomic mass is 10.1. The molecule has 2 heterocycles. The molecule has 11 heteroatoms. The summed E-state index contributed by atoms with van der Waals surface area (Å²) in [4.78, 5) is 36.9. The zero-order valence-corrected chi connectivity index (χ0v) is 17.3. The van der Waals surface area contributed by atoms with E-state index in [9.17, 15) is 14.4 Å². The molecule has 10 nitrogen and oxygen atoms in total. The number of carbonyl (C=O) groups excluding carboxylic acids is 3. The molecule has 0 unspecified atom stereocenters. The summed E-state index contributed by atoms with van der Waals surface area (Å²) in [5, 5.41) is 0.0503. The topological polar surface area (TPSA) is 133 Å². The summed E-state index contributed by atoms with van der Waals surface area (Å²) in [7, 11) is 3.80. The van der Waals surface area contributed by atoms with Crippen LogP contribution in [-0.2, 0) is 20.8 Å². The molecule has 0 bridgehead atoms. The second-order valence-corrected chi connectivity index (χ2v) is 6.96. The first-order valence-corrected chi connectivity index (χ1v) is 9.45. The number of benzene rings is 1. The number of hydrogen-bond acceptors (Lipinski definition) is 11. The quantitative estimate of drug-likeness (QED) is 0.529. The van der Waals surface area contributed by atoms with Crippen LogP contribution < -0.4 is 19.9 Å². The maximum absolute atomic E-state index is 12.6. The Hall–Kier alpha value is -3.47. The minimum absolute atomic E-state index is 0.0444. The molecule has 3 rings (SSSR count). The van der Waals surface area contributed by atoms with Gasteiger partial charge >= 0.3 is 17.9 Å². The van der Waals surface area contributed by atoms with E-state index >= 15 is 0 Å². The molecule has 0 aliphatic carbocycles. The number of rotatable bonds is 6. The standard InChI is InChI=1S/C19H19NO9S/c1-24-11-6-9(7-12-14(11)28-5-4-27-12)17(21)29-8-10-13(18(22)25-2)16(20)30-15(10)19(23)26-3/h6-7H,4-5,8,20H2,1-3H3. The fourth-order valence-electron chi connectivity index (χ4n) is 2.82. The number of esters is 3. The summed E-state index contributed by atoms with van der Waals surface area (Å²) >= 11 is 0.844. The lowest BCUT2D eigenvalue weighted by Crippen LogP contribution is -2.17. The zero-order chi connectivity index (χ0) is 21.8. The van der Waals surface area contributed by atoms with Crippen molar-refractivity contribution in [2.24, 2.45) is 0 Å². The Morgan fingerprint density at radius 3 is 2.40 bits per heavy atom. The first kappa shape index (κ1) is 21.2. The molecule has 0 fully saturated rings. The maximum Gasteiger partial charge on any atom is 0.348 e. The van der Waals surface area contributed by atoms with E-state index < -0.39 is 24.5 Å². The number of hydrogen-bond donors (Lipinski definition) is 1. The van der Waals surface area contributed by atoms with Gasteiger partial charge < -0.3 is 34.2 Å². The van der Waals surface area contributed by atoms with Gasteiger partial charge in [0.1, 0.15) is 35.3 Å². The van der Waals surface area contributed by atoms with Crippen molar-refractivity contribution in [3.63, 3.8) is 0 Å². The van der Waals surface area contributed by atoms with E-state index in [1.54, 1.807) is 0 Å². The number of fused-ring (bicyclic) bond motifs is 1. The Bertz CT molecular complexity index is 981. The number of methoxy groups -OCH3 is 3. The summed E-state index contributed by atoms with van der Waals surface area (Å²) in [6.07, 6.45) is 0. The van der Waals surface area contributed by atoms with Crippen molar-refractivity contribution in [1.82, 2.24) is 0 Å². The molecule has 1 aliphatic rings. The molecule has 2 aromatic rings. The number of nitrogen functional groups attached to an aromatic ring is 1. The second-order valence-electron chi connectivity index (χ2n) is 5.91. The van der Waals surface area contributed by atoms with Crippen LogP contribution in [0.15, 0.2) is 12.1 Å². The smallest absolute Gasteiger partial charge is 0.348 e. The molecule has 0 amide bonds. The fourth-order valence-corrected chi connectivity index (χ4v) is 3.80. The van der Waals surface area contributed by atoms with Crippen LogP contribution in [0.3, 0.4) is 0 Å². The number of ether oxygens (including phenoxy) is 6. The number of anilines is 1. The van der Waals surface area contributed by atoms with E-state index in [4.69, 9.17) is 34.2 Å². The van der Waals surface area contributed by atoms with Crippen molar-refractivity contribution >= 4 is 34.2 Å². The Morgan fingerprint density at radius 1 is 1.03 bits per heavy atom. The van der Waals surface area contributed by atoms with E-state index in [0.717, 1.165) is 11.3 Å². The number of carbonyl (C=O) groups is 3. The summed E-state index contributed by atoms with van der Waals surface area (Å²) in [6, 6.07) is 2.91. The van der Waals surface area contributed by atoms with Crippen LogP contribution in [0.2, 0.25) is 0 Å². The van der Waals surface area contributed by atoms with Gasteiger partial charge in [0.05, 0.1) is 26.9 Å². The molecule has 160 valence electrons. The Morgan fingerprint density at radius 2 is 1.73 bits per heavy atom. The molecule has 0 saturated carbocycles. The normalized spacial score (nSPS) is 12.1. The largest absolute Gasteiger partial charge is 0.493 e. The maximum atomic E-state index is 12.6. The molecule has 1 aromatic heterocycles. The molecular formula is C19H19NO9S. The summed E-state index contributed by atoms with van der Waals surface area (Å²) < 4.78 is 31.0. The van der Waals surface area contributed by atoms with Crippen LogP contribution >= 0.6 is 11.3 Å². The van der Waals surface area contributed by atoms with Gasteiger partial charge in [-0.3, -0.25) is 0 Å². The monoisotopic (exact) mass is 437 g/mol. The predicted octanol–water partition coefficient (Wildman–Crippen LogP) is 2.04. The van der Waals surface area contributed by atoms with Gasteiger partial charge in [-0.15, -0.1) is 11.3 Å². The number of nitrogens with two attached hydrogens (primary N) is 1. The lowest BCUT2D eigenvalue weighted by molar-refractivity contribution is 0.0451. The molecule has 0 radical (unpaired) electrons. The molecule has 0 saturated heterocycles. The lowest BCUT2D eigenvalue weighted by Gasteiger charge is -2.21. The van der Waals surface area contributed by atoms with Gasteiger partial charge in [0.25, 0.3) is 0 Å². The van der Waals surface area contributed by atoms with Gasteiger partial charge in [0.2, 0.25) is 5.75 Å². The Balaban J connectivity index is 1.89. The van der Waals surface area contributed by atoms with Crippen LogP contribution in [0.25, 0.3) is 0 Å². The van der Waals surface area contributed by atoms with Gasteiger partial charge in [-0.2, -0.15) is 0 Å². The van der Waals surface area contributed by atoms with E-state index in [0.29, 0.717) is 30.5 Å². The van der Waals surface area contributed by atoms with Crippen molar-refractivity contribution in [2.45, 2.75) is 6.61 Å². The summed E-state index contributed by atoms with van der Waals surface area (Å²) in [6.45, 7) is 0.283. The predicted molar refractivity (Wildman–Crippen MR) is 105 cm³/mol. The SMILES string of the molecule is COC(=O)c1sc(N)c(C(=O)OC)c1COC(=O)c1cc(OC)c2c(c1)OCCO2. The van der Waals surface area contributed by atoms with Crippen molar-refractivity contribution < 1.29 is 42.8 Å². The molecule has 1 aromatic carbocycles. The van der Waals surface area contributed by atoms with Crippen molar-refractivity contribution in [1.29, 1.82) is 0 Å². The molecular weight excluding hydrogens is 418 g/mol. The van der Waals surface area contributed by atoms with Crippen LogP contribution in [0, 0.1) is 0 Å². The van der Waals surface area contributed by atoms with E-state index in [1.165, 1.54) is 33.5 Å². The minimum atomic E-state index is -0.758. The van der Waals surface area contributed by atoms with Gasteiger partial charge in [-0.05, 0) is 12.1 Å². The second kappa shape index (κ2) is 8.91. The van der Waals surface area contributed by atoms with Gasteiger partial charge in [-0.25, -0.2) is 14.4 Å². The third-order valence-corrected chi connectivity index (χ3v) is 5.25. The first-order valence-electron chi connectivity index (χ1n) is 8.63. The highest BCUT2D eigenvalue weighted by molar-refractivity contribution is 7.18. The minimum Gasteiger partial charge on any atom is -0.493 e. The number of thiophene rings is 1. The van der Waals surface area contributed by atoms with Crippen LogP contribution in [0.1, 0.15) is 36.0 Å². The Kier molecular flexibility index (Phi) is 6.31. The average molecular weight is 437 g/mol. The molecule has 30 heavy (non-hydrogen) atoms. The zero-order valence-electron chi connectivity index (χ0n) is 16.4. The Labute approximate surface area is 175 Å². The van der Waals surface area contributed by atoms with Crippen LogP contribution in [0.4, 0.5) is 5.00 Å². The van der Waals surface area contributed by atoms with Gasteiger partial charge in [-0.1, -0.05) is 0 Å². The third kappa shape index (κ3) is 3.96. The van der Waals surface area contributed by atoms with Crippen LogP contribution in [0.5, 0.6) is 17.2 Å². The van der Waals surface area contributed by atoms with Crippen LogP contribution in [-0.4, -0.2) is 52.5 Å². The third-order valence-electron chi connectivity index (χ3n) is 4.21. The summed E-state index contributed by atoms with van der Waals surface area (Å²) in [5.41, 5.74) is 6.06. The molecule has 1 aliphatic heterocycles. The van der Waals surface area contributed by atoms with E-state index in [2.05, 4.69) is 0 Å². The first-order chi connectivity index (χ1) is 14.4. The van der Waals surface area contributed by atoms with Gasteiger partial charge in [0.15, 0.2) is 11.5 Å². The van der Waals surface area contributed by atoms with Crippen molar-refractivity contribution in [2.75, 3.05) is 40.3 Å². The molecule has 2 N–H and O–H groups in total. The highest BCUT2D eigenvalue weighted by atomic mass is 32.1.